The molecule has 0 spiro atoms. The highest BCUT2D eigenvalue weighted by molar-refractivity contribution is 7.99. The van der Waals surface area contributed by atoms with Crippen molar-refractivity contribution in [3.05, 3.63) is 141 Å². The molecule has 0 bridgehead atoms. The van der Waals surface area contributed by atoms with E-state index in [0.29, 0.717) is 6.61 Å². The Morgan fingerprint density at radius 1 is 0.474 bits per heavy atom. The Morgan fingerprint density at radius 2 is 0.912 bits per heavy atom. The molecule has 304 valence electrons. The smallest absolute Gasteiger partial charge is 0.487 e. The number of rotatable bonds is 11. The molecule has 0 aliphatic rings. The van der Waals surface area contributed by atoms with Crippen molar-refractivity contribution in [2.75, 3.05) is 0 Å². The van der Waals surface area contributed by atoms with Gasteiger partial charge in [0, 0.05) is 11.1 Å². The normalized spacial score (nSPS) is 12.5. The largest absolute Gasteiger partial charge is 0.530 e. The highest BCUT2D eigenvalue weighted by Gasteiger charge is 2.32. The van der Waals surface area contributed by atoms with Crippen molar-refractivity contribution < 1.29 is 18.3 Å². The van der Waals surface area contributed by atoms with Gasteiger partial charge in [0.2, 0.25) is 0 Å². The minimum atomic E-state index is -2.01. The van der Waals surface area contributed by atoms with E-state index in [1.54, 1.807) is 11.8 Å². The van der Waals surface area contributed by atoms with Crippen LogP contribution in [0.3, 0.4) is 0 Å². The average Bonchev–Trinajstić information content (AvgIpc) is 3.08. The summed E-state index contributed by atoms with van der Waals surface area (Å²) in [4.78, 5) is 2.00. The van der Waals surface area contributed by atoms with Crippen molar-refractivity contribution in [2.24, 2.45) is 0 Å². The Bertz CT molecular complexity index is 2100. The summed E-state index contributed by atoms with van der Waals surface area (Å²) in [6.07, 6.45) is 0. The fourth-order valence-electron chi connectivity index (χ4n) is 6.75. The zero-order valence-electron chi connectivity index (χ0n) is 37.4. The molecule has 0 saturated carbocycles. The lowest BCUT2D eigenvalue weighted by atomic mass is 9.80. The van der Waals surface area contributed by atoms with Crippen molar-refractivity contribution in [1.82, 2.24) is 0 Å². The van der Waals surface area contributed by atoms with Crippen LogP contribution in [0.25, 0.3) is 0 Å². The van der Waals surface area contributed by atoms with E-state index >= 15 is 0 Å². The summed E-state index contributed by atoms with van der Waals surface area (Å²) >= 11 is 1.66. The monoisotopic (exact) mass is 804 g/mol. The van der Waals surface area contributed by atoms with Gasteiger partial charge in [0.25, 0.3) is 0 Å². The highest BCUT2D eigenvalue weighted by atomic mass is 32.2. The second kappa shape index (κ2) is 17.1. The zero-order valence-corrected chi connectivity index (χ0v) is 39.1. The fourth-order valence-corrected chi connectivity index (χ4v) is 9.29. The van der Waals surface area contributed by atoms with E-state index in [4.69, 9.17) is 18.3 Å². The summed E-state index contributed by atoms with van der Waals surface area (Å²) in [5.41, 5.74) is 9.85. The maximum Gasteiger partial charge on any atom is 0.530 e. The summed E-state index contributed by atoms with van der Waals surface area (Å²) in [5.74, 6) is 3.12. The minimum Gasteiger partial charge on any atom is -0.487 e. The SMILES string of the molecule is Cc1cc(C)c(OCc2ccccc2)c(Sc2cc(C)cc(C)c2OP(Oc2ccc(C(C)(C)C)cc2C(C)(C)C)Oc2ccc(C(C)(C)C)cc2C(C)(C)C)c1. The molecule has 5 rings (SSSR count). The molecule has 0 fully saturated rings. The highest BCUT2D eigenvalue weighted by Crippen LogP contribution is 2.52. The third-order valence-electron chi connectivity index (χ3n) is 10.0. The number of hydrogen-bond donors (Lipinski definition) is 0. The van der Waals surface area contributed by atoms with Gasteiger partial charge in [-0.15, -0.1) is 0 Å². The van der Waals surface area contributed by atoms with E-state index in [1.807, 2.05) is 18.2 Å². The third kappa shape index (κ3) is 11.4. The molecule has 0 atom stereocenters. The van der Waals surface area contributed by atoms with Crippen molar-refractivity contribution in [3.63, 3.8) is 0 Å². The number of ether oxygens (including phenoxy) is 1. The Balaban J connectivity index is 1.63. The molecule has 0 saturated heterocycles. The third-order valence-corrected chi connectivity index (χ3v) is 12.1. The lowest BCUT2D eigenvalue weighted by Crippen LogP contribution is -2.19. The second-order valence-electron chi connectivity index (χ2n) is 19.6. The van der Waals surface area contributed by atoms with Crippen LogP contribution >= 0.6 is 20.4 Å². The predicted octanol–water partition coefficient (Wildman–Crippen LogP) is 15.6. The van der Waals surface area contributed by atoms with Crippen LogP contribution in [0.2, 0.25) is 0 Å². The fraction of sp³-hybridized carbons (Fsp3) is 0.412. The number of aryl methyl sites for hydroxylation is 4. The van der Waals surface area contributed by atoms with E-state index in [0.717, 1.165) is 66.2 Å². The van der Waals surface area contributed by atoms with Crippen LogP contribution in [-0.4, -0.2) is 0 Å². The molecule has 0 aromatic heterocycles. The van der Waals surface area contributed by atoms with Crippen LogP contribution < -0.4 is 18.3 Å². The van der Waals surface area contributed by atoms with Gasteiger partial charge in [-0.2, -0.15) is 0 Å². The van der Waals surface area contributed by atoms with Crippen molar-refractivity contribution in [3.8, 4) is 23.0 Å². The summed E-state index contributed by atoms with van der Waals surface area (Å²) in [7, 11) is -2.01. The van der Waals surface area contributed by atoms with Gasteiger partial charge in [0.05, 0.1) is 9.79 Å². The predicted molar refractivity (Wildman–Crippen MR) is 243 cm³/mol. The van der Waals surface area contributed by atoms with Crippen molar-refractivity contribution in [1.29, 1.82) is 0 Å². The topological polar surface area (TPSA) is 36.9 Å². The molecule has 6 heteroatoms. The van der Waals surface area contributed by atoms with Gasteiger partial charge in [0.15, 0.2) is 0 Å². The Morgan fingerprint density at radius 3 is 1.35 bits per heavy atom. The Hall–Kier alpha value is -3.92. The van der Waals surface area contributed by atoms with Gasteiger partial charge in [-0.1, -0.05) is 162 Å². The first-order valence-corrected chi connectivity index (χ1v) is 22.0. The molecular weight excluding hydrogens is 740 g/mol. The number of benzene rings is 5. The zero-order chi connectivity index (χ0) is 42.1. The molecular formula is C51H65O4PS. The molecule has 0 amide bonds. The van der Waals surface area contributed by atoms with Gasteiger partial charge in [-0.3, -0.25) is 0 Å². The molecule has 0 N–H and O–H groups in total. The molecule has 57 heavy (non-hydrogen) atoms. The van der Waals surface area contributed by atoms with Crippen LogP contribution in [0, 0.1) is 27.7 Å². The minimum absolute atomic E-state index is 0.0182. The first kappa shape index (κ1) is 44.2. The molecule has 0 aliphatic heterocycles. The molecule has 4 nitrogen and oxygen atoms in total. The van der Waals surface area contributed by atoms with Crippen LogP contribution in [-0.2, 0) is 28.3 Å². The quantitative estimate of drug-likeness (QED) is 0.124. The van der Waals surface area contributed by atoms with E-state index in [9.17, 15) is 0 Å². The Kier molecular flexibility index (Phi) is 13.3. The maximum absolute atomic E-state index is 7.13. The van der Waals surface area contributed by atoms with E-state index < -0.39 is 8.60 Å². The van der Waals surface area contributed by atoms with Crippen molar-refractivity contribution in [2.45, 2.75) is 149 Å². The van der Waals surface area contributed by atoms with Gasteiger partial charge in [-0.25, -0.2) is 0 Å². The first-order chi connectivity index (χ1) is 26.4. The molecule has 0 unspecified atom stereocenters. The van der Waals surface area contributed by atoms with Gasteiger partial charge >= 0.3 is 8.60 Å². The summed E-state index contributed by atoms with van der Waals surface area (Å²) < 4.78 is 27.8. The van der Waals surface area contributed by atoms with Crippen LogP contribution in [0.1, 0.15) is 133 Å². The summed E-state index contributed by atoms with van der Waals surface area (Å²) in [6.45, 7) is 35.8. The van der Waals surface area contributed by atoms with E-state index in [-0.39, 0.29) is 21.7 Å². The Labute approximate surface area is 350 Å². The number of hydrogen-bond acceptors (Lipinski definition) is 5. The molecule has 0 heterocycles. The molecule has 5 aromatic carbocycles. The summed E-state index contributed by atoms with van der Waals surface area (Å²) in [5, 5.41) is 0. The lowest BCUT2D eigenvalue weighted by molar-refractivity contribution is 0.296. The first-order valence-electron chi connectivity index (χ1n) is 20.1. The van der Waals surface area contributed by atoms with E-state index in [1.165, 1.54) is 16.7 Å². The van der Waals surface area contributed by atoms with Gasteiger partial charge in [-0.05, 0) is 113 Å². The molecule has 0 radical (unpaired) electrons. The second-order valence-corrected chi connectivity index (χ2v) is 21.7. The van der Waals surface area contributed by atoms with Crippen molar-refractivity contribution >= 4 is 20.4 Å². The van der Waals surface area contributed by atoms with Crippen LogP contribution in [0.15, 0.2) is 101 Å². The van der Waals surface area contributed by atoms with Crippen LogP contribution in [0.4, 0.5) is 0 Å². The lowest BCUT2D eigenvalue weighted by Gasteiger charge is -2.30. The van der Waals surface area contributed by atoms with E-state index in [2.05, 4.69) is 184 Å². The average molecular weight is 805 g/mol. The molecule has 5 aromatic rings. The van der Waals surface area contributed by atoms with Gasteiger partial charge in [0.1, 0.15) is 29.6 Å². The standard InChI is InChI=1S/C51H65O4PS/c1-33-26-35(3)46(52-32-37-20-18-17-19-21-37)44(28-33)57-45-29-34(2)27-36(4)47(45)55-56(53-42-24-22-38(48(5,6)7)30-40(42)50(11,12)13)54-43-25-23-39(49(8,9)10)31-41(43)51(14,15)16/h17-31H,32H2,1-16H3. The summed E-state index contributed by atoms with van der Waals surface area (Å²) in [6, 6.07) is 32.2. The maximum atomic E-state index is 7.13. The van der Waals surface area contributed by atoms with Crippen LogP contribution in [0.5, 0.6) is 23.0 Å². The molecule has 0 aliphatic carbocycles. The van der Waals surface area contributed by atoms with Gasteiger partial charge < -0.3 is 18.3 Å².